The first kappa shape index (κ1) is 35.9. The summed E-state index contributed by atoms with van der Waals surface area (Å²) in [7, 11) is -4.30. The van der Waals surface area contributed by atoms with E-state index >= 15 is 0 Å². The number of amides is 2. The number of nitrogens with one attached hydrogen (secondary N) is 1. The smallest absolute Gasteiger partial charge is 0.352 e. The Labute approximate surface area is 281 Å². The van der Waals surface area contributed by atoms with E-state index in [2.05, 4.69) is 5.32 Å². The largest absolute Gasteiger partial charge is 0.417 e. The third-order valence-electron chi connectivity index (χ3n) is 7.80. The van der Waals surface area contributed by atoms with Crippen LogP contribution in [0, 0.1) is 0 Å². The lowest BCUT2D eigenvalue weighted by Gasteiger charge is -2.35. The van der Waals surface area contributed by atoms with Crippen molar-refractivity contribution in [2.24, 2.45) is 0 Å². The lowest BCUT2D eigenvalue weighted by Crippen LogP contribution is -2.55. The maximum atomic E-state index is 14.3. The Hall–Kier alpha value is -2.99. The van der Waals surface area contributed by atoms with E-state index in [1.807, 2.05) is 6.07 Å². The van der Waals surface area contributed by atoms with Crippen molar-refractivity contribution in [1.82, 2.24) is 10.2 Å². The predicted molar refractivity (Wildman–Crippen MR) is 175 cm³/mol. The molecule has 1 aliphatic rings. The van der Waals surface area contributed by atoms with Crippen LogP contribution in [0.15, 0.2) is 66.7 Å². The molecule has 0 unspecified atom stereocenters. The van der Waals surface area contributed by atoms with Crippen molar-refractivity contribution in [3.05, 3.63) is 98.5 Å². The van der Waals surface area contributed by atoms with Crippen LogP contribution in [0.1, 0.15) is 48.8 Å². The van der Waals surface area contributed by atoms with Gasteiger partial charge in [-0.25, -0.2) is 8.42 Å². The Balaban J connectivity index is 1.78. The summed E-state index contributed by atoms with van der Waals surface area (Å²) in [5, 5.41) is 3.00. The van der Waals surface area contributed by atoms with E-state index in [0.717, 1.165) is 56.1 Å². The van der Waals surface area contributed by atoms with Gasteiger partial charge in [-0.1, -0.05) is 90.5 Å². The fourth-order valence-electron chi connectivity index (χ4n) is 5.43. The molecule has 4 rings (SSSR count). The number of hydrogen-bond acceptors (Lipinski definition) is 4. The van der Waals surface area contributed by atoms with Gasteiger partial charge in [-0.15, -0.1) is 0 Å². The van der Waals surface area contributed by atoms with Crippen LogP contribution >= 0.6 is 34.8 Å². The van der Waals surface area contributed by atoms with Crippen LogP contribution in [-0.2, 0) is 38.8 Å². The summed E-state index contributed by atoms with van der Waals surface area (Å²) in [6.45, 7) is -1.11. The fourth-order valence-corrected chi connectivity index (χ4v) is 6.97. The highest BCUT2D eigenvalue weighted by atomic mass is 35.5. The number of hydrogen-bond donors (Lipinski definition) is 1. The van der Waals surface area contributed by atoms with E-state index in [9.17, 15) is 31.2 Å². The van der Waals surface area contributed by atoms with Gasteiger partial charge in [-0.05, 0) is 54.3 Å². The number of carbonyl (C=O) groups is 2. The molecule has 0 saturated heterocycles. The molecule has 7 nitrogen and oxygen atoms in total. The van der Waals surface area contributed by atoms with Crippen molar-refractivity contribution in [2.45, 2.75) is 63.3 Å². The minimum Gasteiger partial charge on any atom is -0.352 e. The van der Waals surface area contributed by atoms with Crippen LogP contribution in [0.5, 0.6) is 0 Å². The standard InChI is InChI=1S/C32H33Cl3F3N3O4S/c1-46(44,45)41(25-14-15-27(34)26(18-25)32(36,37)38)20-30(42)40(19-22-12-13-23(33)17-28(22)35)29(16-21-8-4-2-5-9-21)31(43)39-24-10-6-3-7-11-24/h2,4-5,8-9,12-15,17-18,24,29H,3,6-7,10-11,16,19-20H2,1H3,(H,39,43)/t29-/m0/s1. The third kappa shape index (κ3) is 9.53. The van der Waals surface area contributed by atoms with Crippen LogP contribution in [-0.4, -0.2) is 50.0 Å². The molecule has 14 heteroatoms. The van der Waals surface area contributed by atoms with E-state index < -0.39 is 56.9 Å². The molecular formula is C32H33Cl3F3N3O4S. The zero-order chi connectivity index (χ0) is 33.6. The number of benzene rings is 3. The molecule has 2 amide bonds. The van der Waals surface area contributed by atoms with Crippen molar-refractivity contribution < 1.29 is 31.2 Å². The molecule has 0 radical (unpaired) electrons. The van der Waals surface area contributed by atoms with Gasteiger partial charge in [0.2, 0.25) is 21.8 Å². The summed E-state index contributed by atoms with van der Waals surface area (Å²) in [5.41, 5.74) is -0.506. The maximum absolute atomic E-state index is 14.3. The Morgan fingerprint density at radius 2 is 1.61 bits per heavy atom. The summed E-state index contributed by atoms with van der Waals surface area (Å²) in [6.07, 6.45) is 0.482. The molecule has 248 valence electrons. The first-order valence-corrected chi connectivity index (χ1v) is 17.5. The lowest BCUT2D eigenvalue weighted by atomic mass is 9.94. The minimum absolute atomic E-state index is 0.0778. The predicted octanol–water partition coefficient (Wildman–Crippen LogP) is 7.52. The number of anilines is 1. The maximum Gasteiger partial charge on any atom is 0.417 e. The number of rotatable bonds is 11. The van der Waals surface area contributed by atoms with E-state index in [1.165, 1.54) is 11.0 Å². The second-order valence-electron chi connectivity index (χ2n) is 11.2. The SMILES string of the molecule is CS(=O)(=O)N(CC(=O)N(Cc1ccc(Cl)cc1Cl)[C@@H](Cc1ccccc1)C(=O)NC1CCCCC1)c1ccc(Cl)c(C(F)(F)F)c1. The Bertz CT molecular complexity index is 1650. The van der Waals surface area contributed by atoms with Gasteiger partial charge in [0.1, 0.15) is 12.6 Å². The van der Waals surface area contributed by atoms with Crippen LogP contribution < -0.4 is 9.62 Å². The normalized spacial score (nSPS) is 14.8. The first-order valence-electron chi connectivity index (χ1n) is 14.6. The number of sulfonamides is 1. The summed E-state index contributed by atoms with van der Waals surface area (Å²) < 4.78 is 67.6. The van der Waals surface area contributed by atoms with Gasteiger partial charge in [0.15, 0.2) is 0 Å². The molecule has 3 aromatic carbocycles. The van der Waals surface area contributed by atoms with E-state index in [0.29, 0.717) is 21.0 Å². The highest BCUT2D eigenvalue weighted by molar-refractivity contribution is 7.92. The summed E-state index contributed by atoms with van der Waals surface area (Å²) in [4.78, 5) is 29.5. The fraction of sp³-hybridized carbons (Fsp3) is 0.375. The molecule has 0 spiro atoms. The van der Waals surface area contributed by atoms with Gasteiger partial charge in [0.25, 0.3) is 0 Å². The average Bonchev–Trinajstić information content (AvgIpc) is 2.99. The molecule has 1 aliphatic carbocycles. The number of nitrogens with zero attached hydrogens (tertiary/aromatic N) is 2. The molecule has 1 N–H and O–H groups in total. The number of halogens is 6. The molecule has 1 saturated carbocycles. The Morgan fingerprint density at radius 3 is 2.22 bits per heavy atom. The highest BCUT2D eigenvalue weighted by Crippen LogP contribution is 2.37. The number of carbonyl (C=O) groups excluding carboxylic acids is 2. The summed E-state index contributed by atoms with van der Waals surface area (Å²) >= 11 is 18.4. The molecule has 1 fully saturated rings. The second-order valence-corrected chi connectivity index (χ2v) is 14.4. The van der Waals surface area contributed by atoms with Gasteiger partial charge in [-0.2, -0.15) is 13.2 Å². The number of alkyl halides is 3. The summed E-state index contributed by atoms with van der Waals surface area (Å²) in [5.74, 6) is -1.27. The molecule has 0 heterocycles. The lowest BCUT2D eigenvalue weighted by molar-refractivity contribution is -0.140. The van der Waals surface area contributed by atoms with Crippen LogP contribution in [0.25, 0.3) is 0 Å². The van der Waals surface area contributed by atoms with E-state index in [1.54, 1.807) is 36.4 Å². The molecule has 1 atom stereocenters. The van der Waals surface area contributed by atoms with E-state index in [-0.39, 0.29) is 24.0 Å². The summed E-state index contributed by atoms with van der Waals surface area (Å²) in [6, 6.07) is 15.0. The first-order chi connectivity index (χ1) is 21.6. The van der Waals surface area contributed by atoms with Crippen molar-refractivity contribution in [3.8, 4) is 0 Å². The van der Waals surface area contributed by atoms with Crippen molar-refractivity contribution in [3.63, 3.8) is 0 Å². The minimum atomic E-state index is -4.88. The van der Waals surface area contributed by atoms with Crippen molar-refractivity contribution in [2.75, 3.05) is 17.1 Å². The van der Waals surface area contributed by atoms with Gasteiger partial charge in [0, 0.05) is 29.1 Å². The second kappa shape index (κ2) is 15.3. The van der Waals surface area contributed by atoms with Crippen LogP contribution in [0.3, 0.4) is 0 Å². The zero-order valence-corrected chi connectivity index (χ0v) is 28.0. The van der Waals surface area contributed by atoms with Crippen LogP contribution in [0.2, 0.25) is 15.1 Å². The average molecular weight is 719 g/mol. The van der Waals surface area contributed by atoms with Gasteiger partial charge in [0.05, 0.1) is 22.5 Å². The Morgan fingerprint density at radius 1 is 0.935 bits per heavy atom. The molecule has 0 aliphatic heterocycles. The van der Waals surface area contributed by atoms with Gasteiger partial charge in [-0.3, -0.25) is 13.9 Å². The highest BCUT2D eigenvalue weighted by Gasteiger charge is 2.37. The van der Waals surface area contributed by atoms with Crippen molar-refractivity contribution >= 4 is 62.3 Å². The molecule has 3 aromatic rings. The molecule has 0 bridgehead atoms. The topological polar surface area (TPSA) is 86.8 Å². The quantitative estimate of drug-likeness (QED) is 0.222. The zero-order valence-electron chi connectivity index (χ0n) is 24.9. The molecular weight excluding hydrogens is 686 g/mol. The van der Waals surface area contributed by atoms with Gasteiger partial charge < -0.3 is 10.2 Å². The van der Waals surface area contributed by atoms with Crippen LogP contribution in [0.4, 0.5) is 18.9 Å². The monoisotopic (exact) mass is 717 g/mol. The van der Waals surface area contributed by atoms with E-state index in [4.69, 9.17) is 34.8 Å². The van der Waals surface area contributed by atoms with Crippen molar-refractivity contribution in [1.29, 1.82) is 0 Å². The van der Waals surface area contributed by atoms with Gasteiger partial charge >= 0.3 is 6.18 Å². The molecule has 0 aromatic heterocycles. The Kier molecular flexibility index (Phi) is 11.9. The molecule has 46 heavy (non-hydrogen) atoms. The third-order valence-corrected chi connectivity index (χ3v) is 9.86.